The van der Waals surface area contributed by atoms with Gasteiger partial charge in [0.15, 0.2) is 5.52 Å². The lowest BCUT2D eigenvalue weighted by Gasteiger charge is -2.21. The molecular weight excluding hydrogens is 295 g/mol. The van der Waals surface area contributed by atoms with Crippen molar-refractivity contribution in [2.75, 3.05) is 5.32 Å². The topological polar surface area (TPSA) is 68.1 Å². The van der Waals surface area contributed by atoms with E-state index in [0.717, 1.165) is 0 Å². The highest BCUT2D eigenvalue weighted by Gasteiger charge is 2.64. The molecule has 1 aromatic heterocycles. The lowest BCUT2D eigenvalue weighted by atomic mass is 10.2. The predicted molar refractivity (Wildman–Crippen MR) is 67.9 cm³/mol. The fraction of sp³-hybridized carbons (Fsp3) is 0.364. The van der Waals surface area contributed by atoms with Crippen molar-refractivity contribution in [3.05, 3.63) is 27.8 Å². The Morgan fingerprint density at radius 2 is 2.10 bits per heavy atom. The van der Waals surface area contributed by atoms with Crippen molar-refractivity contribution in [3.8, 4) is 0 Å². The Hall–Kier alpha value is -1.90. The molecule has 1 aliphatic rings. The first-order valence-corrected chi connectivity index (χ1v) is 6.57. The van der Waals surface area contributed by atoms with Crippen LogP contribution in [-0.4, -0.2) is 21.6 Å². The van der Waals surface area contributed by atoms with Crippen molar-refractivity contribution in [1.82, 2.24) is 4.98 Å². The zero-order valence-corrected chi connectivity index (χ0v) is 10.7. The second-order valence-electron chi connectivity index (χ2n) is 4.62. The summed E-state index contributed by atoms with van der Waals surface area (Å²) < 4.78 is 39.3. The minimum absolute atomic E-state index is 0.0806. The smallest absolute Gasteiger partial charge is 0.366 e. The Morgan fingerprint density at radius 3 is 2.65 bits per heavy atom. The molecule has 9 heteroatoms. The second-order valence-corrected chi connectivity index (χ2v) is 5.51. The SMILES string of the molecule is O=[N+]([O-])c1c(NC2(C(F)(F)F)CC2)ccc2scnc12. The van der Waals surface area contributed by atoms with Crippen LogP contribution in [0.25, 0.3) is 10.2 Å². The minimum atomic E-state index is -4.43. The van der Waals surface area contributed by atoms with E-state index in [-0.39, 0.29) is 24.0 Å². The number of alkyl halides is 3. The summed E-state index contributed by atoms with van der Waals surface area (Å²) >= 11 is 1.20. The maximum Gasteiger partial charge on any atom is 0.411 e. The van der Waals surface area contributed by atoms with Gasteiger partial charge in [0.05, 0.1) is 15.1 Å². The summed E-state index contributed by atoms with van der Waals surface area (Å²) in [5.74, 6) is 0. The number of anilines is 1. The van der Waals surface area contributed by atoms with Crippen molar-refractivity contribution in [3.63, 3.8) is 0 Å². The Balaban J connectivity index is 2.08. The van der Waals surface area contributed by atoms with Crippen molar-refractivity contribution in [2.24, 2.45) is 0 Å². The quantitative estimate of drug-likeness (QED) is 0.693. The van der Waals surface area contributed by atoms with Gasteiger partial charge in [-0.25, -0.2) is 4.98 Å². The van der Waals surface area contributed by atoms with Crippen LogP contribution in [0.1, 0.15) is 12.8 Å². The van der Waals surface area contributed by atoms with Crippen LogP contribution in [0.5, 0.6) is 0 Å². The van der Waals surface area contributed by atoms with Gasteiger partial charge in [-0.3, -0.25) is 10.1 Å². The van der Waals surface area contributed by atoms with Gasteiger partial charge in [0.2, 0.25) is 0 Å². The van der Waals surface area contributed by atoms with Gasteiger partial charge in [0.25, 0.3) is 0 Å². The van der Waals surface area contributed by atoms with Crippen LogP contribution in [0.3, 0.4) is 0 Å². The maximum absolute atomic E-state index is 12.9. The van der Waals surface area contributed by atoms with Crippen molar-refractivity contribution >= 4 is 32.9 Å². The Kier molecular flexibility index (Phi) is 2.65. The number of rotatable bonds is 3. The molecule has 106 valence electrons. The molecule has 0 bridgehead atoms. The van der Waals surface area contributed by atoms with E-state index in [9.17, 15) is 23.3 Å². The van der Waals surface area contributed by atoms with Crippen LogP contribution in [0.15, 0.2) is 17.6 Å². The van der Waals surface area contributed by atoms with Gasteiger partial charge in [-0.15, -0.1) is 11.3 Å². The highest BCUT2D eigenvalue weighted by molar-refractivity contribution is 7.16. The fourth-order valence-electron chi connectivity index (χ4n) is 2.06. The largest absolute Gasteiger partial charge is 0.411 e. The van der Waals surface area contributed by atoms with Gasteiger partial charge in [0.1, 0.15) is 11.2 Å². The monoisotopic (exact) mass is 303 g/mol. The number of hydrogen-bond acceptors (Lipinski definition) is 5. The Labute approximate surface area is 114 Å². The molecule has 1 aliphatic carbocycles. The van der Waals surface area contributed by atoms with Crippen LogP contribution < -0.4 is 5.32 Å². The number of halogens is 3. The molecule has 0 spiro atoms. The molecule has 20 heavy (non-hydrogen) atoms. The first-order chi connectivity index (χ1) is 9.34. The number of nitrogens with one attached hydrogen (secondary N) is 1. The summed E-state index contributed by atoms with van der Waals surface area (Å²) in [6, 6.07) is 2.85. The van der Waals surface area contributed by atoms with E-state index in [2.05, 4.69) is 10.3 Å². The van der Waals surface area contributed by atoms with Crippen LogP contribution in [-0.2, 0) is 0 Å². The van der Waals surface area contributed by atoms with Crippen LogP contribution in [0.2, 0.25) is 0 Å². The minimum Gasteiger partial charge on any atom is -0.366 e. The van der Waals surface area contributed by atoms with E-state index in [0.29, 0.717) is 4.70 Å². The van der Waals surface area contributed by atoms with Gasteiger partial charge in [0, 0.05) is 0 Å². The molecule has 0 aliphatic heterocycles. The molecule has 2 aromatic rings. The number of aromatic nitrogens is 1. The van der Waals surface area contributed by atoms with Gasteiger partial charge < -0.3 is 5.32 Å². The Morgan fingerprint density at radius 1 is 1.40 bits per heavy atom. The number of hydrogen-bond donors (Lipinski definition) is 1. The molecule has 0 amide bonds. The number of nitro groups is 1. The molecule has 1 N–H and O–H groups in total. The van der Waals surface area contributed by atoms with Crippen molar-refractivity contribution in [2.45, 2.75) is 24.6 Å². The third-order valence-corrected chi connectivity index (χ3v) is 4.12. The zero-order valence-electron chi connectivity index (χ0n) is 9.90. The summed E-state index contributed by atoms with van der Waals surface area (Å²) in [6.07, 6.45) is -4.59. The summed E-state index contributed by atoms with van der Waals surface area (Å²) in [7, 11) is 0. The van der Waals surface area contributed by atoms with Gasteiger partial charge in [-0.1, -0.05) is 0 Å². The van der Waals surface area contributed by atoms with Crippen molar-refractivity contribution in [1.29, 1.82) is 0 Å². The first kappa shape index (κ1) is 13.1. The standard InChI is InChI=1S/C11H8F3N3O2S/c12-11(13,14)10(3-4-10)16-6-1-2-7-8(15-5-20-7)9(6)17(18)19/h1-2,5,16H,3-4H2. The molecule has 1 fully saturated rings. The average molecular weight is 303 g/mol. The lowest BCUT2D eigenvalue weighted by Crippen LogP contribution is -2.38. The maximum atomic E-state index is 12.9. The van der Waals surface area contributed by atoms with Crippen LogP contribution in [0, 0.1) is 10.1 Å². The van der Waals surface area contributed by atoms with E-state index in [4.69, 9.17) is 0 Å². The molecule has 0 radical (unpaired) electrons. The molecule has 0 saturated heterocycles. The highest BCUT2D eigenvalue weighted by Crippen LogP contribution is 2.52. The molecule has 1 heterocycles. The normalized spacial score (nSPS) is 17.1. The average Bonchev–Trinajstić information content (AvgIpc) is 2.99. The zero-order chi connectivity index (χ0) is 14.5. The number of nitrogens with zero attached hydrogens (tertiary/aromatic N) is 2. The van der Waals surface area contributed by atoms with Gasteiger partial charge in [-0.2, -0.15) is 13.2 Å². The Bertz CT molecular complexity index is 694. The van der Waals surface area contributed by atoms with E-state index < -0.39 is 22.3 Å². The highest BCUT2D eigenvalue weighted by atomic mass is 32.1. The number of nitro benzene ring substituents is 1. The number of thiazole rings is 1. The molecular formula is C11H8F3N3O2S. The summed E-state index contributed by atoms with van der Waals surface area (Å²) in [6.45, 7) is 0. The summed E-state index contributed by atoms with van der Waals surface area (Å²) in [5.41, 5.74) is -1.04. The van der Waals surface area contributed by atoms with E-state index in [1.165, 1.54) is 29.0 Å². The first-order valence-electron chi connectivity index (χ1n) is 5.70. The fourth-order valence-corrected chi connectivity index (χ4v) is 2.74. The van der Waals surface area contributed by atoms with E-state index in [1.807, 2.05) is 0 Å². The molecule has 1 aromatic carbocycles. The van der Waals surface area contributed by atoms with E-state index in [1.54, 1.807) is 0 Å². The third kappa shape index (κ3) is 1.89. The van der Waals surface area contributed by atoms with Gasteiger partial charge >= 0.3 is 11.9 Å². The molecule has 0 unspecified atom stereocenters. The van der Waals surface area contributed by atoms with Gasteiger partial charge in [-0.05, 0) is 25.0 Å². The predicted octanol–water partition coefficient (Wildman–Crippen LogP) is 3.71. The van der Waals surface area contributed by atoms with Crippen LogP contribution in [0.4, 0.5) is 24.5 Å². The number of fused-ring (bicyclic) bond motifs is 1. The summed E-state index contributed by atoms with van der Waals surface area (Å²) in [5, 5.41) is 13.4. The van der Waals surface area contributed by atoms with Crippen LogP contribution >= 0.6 is 11.3 Å². The summed E-state index contributed by atoms with van der Waals surface area (Å²) in [4.78, 5) is 14.3. The number of benzene rings is 1. The van der Waals surface area contributed by atoms with E-state index >= 15 is 0 Å². The molecule has 1 saturated carbocycles. The molecule has 0 atom stereocenters. The molecule has 3 rings (SSSR count). The van der Waals surface area contributed by atoms with Crippen molar-refractivity contribution < 1.29 is 18.1 Å². The lowest BCUT2D eigenvalue weighted by molar-refractivity contribution is -0.382. The second kappa shape index (κ2) is 4.05. The third-order valence-electron chi connectivity index (χ3n) is 3.32. The molecule has 5 nitrogen and oxygen atoms in total.